The fraction of sp³-hybridized carbons (Fsp3) is 0.333. The van der Waals surface area contributed by atoms with E-state index in [0.717, 1.165) is 0 Å². The van der Waals surface area contributed by atoms with Crippen molar-refractivity contribution in [1.29, 1.82) is 5.26 Å². The van der Waals surface area contributed by atoms with Gasteiger partial charge in [-0.3, -0.25) is 4.79 Å². The third kappa shape index (κ3) is 5.82. The molecule has 1 rings (SSSR count). The van der Waals surface area contributed by atoms with Crippen LogP contribution in [0.4, 0.5) is 18.9 Å². The van der Waals surface area contributed by atoms with Gasteiger partial charge in [-0.1, -0.05) is 20.8 Å². The predicted octanol–water partition coefficient (Wildman–Crippen LogP) is 4.73. The Bertz CT molecular complexity index is 608. The number of Topliss-reactive ketones (excluding diaryl/α,β-unsaturated/α-hetero) is 1. The Labute approximate surface area is 131 Å². The van der Waals surface area contributed by atoms with Crippen LogP contribution in [0, 0.1) is 16.7 Å². The lowest BCUT2D eigenvalue weighted by Gasteiger charge is -2.15. The number of hydrogen-bond donors (Lipinski definition) is 1. The minimum atomic E-state index is -4.33. The molecule has 3 nitrogen and oxygen atoms in total. The molecule has 0 saturated carbocycles. The number of carbonyl (C=O) groups excluding carboxylic acids is 1. The van der Waals surface area contributed by atoms with Gasteiger partial charge in [0, 0.05) is 22.2 Å². The molecule has 0 aliphatic rings. The van der Waals surface area contributed by atoms with Crippen molar-refractivity contribution in [3.05, 3.63) is 36.0 Å². The average Bonchev–Trinajstić information content (AvgIpc) is 2.38. The lowest BCUT2D eigenvalue weighted by molar-refractivity contribution is -0.122. The first kappa shape index (κ1) is 18.1. The van der Waals surface area contributed by atoms with E-state index < -0.39 is 10.9 Å². The fourth-order valence-electron chi connectivity index (χ4n) is 1.46. The number of anilines is 1. The summed E-state index contributed by atoms with van der Waals surface area (Å²) in [5, 5.41) is 11.7. The van der Waals surface area contributed by atoms with Crippen LogP contribution in [0.5, 0.6) is 0 Å². The summed E-state index contributed by atoms with van der Waals surface area (Å²) in [5.74, 6) is -0.313. The first-order valence-corrected chi connectivity index (χ1v) is 7.12. The van der Waals surface area contributed by atoms with Crippen LogP contribution in [0.25, 0.3) is 0 Å². The molecule has 0 heterocycles. The van der Waals surface area contributed by atoms with Gasteiger partial charge >= 0.3 is 5.51 Å². The zero-order valence-electron chi connectivity index (χ0n) is 12.3. The Morgan fingerprint density at radius 1 is 1.23 bits per heavy atom. The van der Waals surface area contributed by atoms with Crippen LogP contribution in [0.3, 0.4) is 0 Å². The number of carbonyl (C=O) groups is 1. The summed E-state index contributed by atoms with van der Waals surface area (Å²) in [4.78, 5) is 12.0. The minimum absolute atomic E-state index is 0.0405. The number of thioether (sulfide) groups is 1. The Morgan fingerprint density at radius 3 is 2.18 bits per heavy atom. The molecule has 0 radical (unpaired) electrons. The second-order valence-electron chi connectivity index (χ2n) is 5.47. The summed E-state index contributed by atoms with van der Waals surface area (Å²) in [5.41, 5.74) is -4.57. The van der Waals surface area contributed by atoms with E-state index in [1.165, 1.54) is 30.5 Å². The van der Waals surface area contributed by atoms with Crippen molar-refractivity contribution in [2.75, 3.05) is 5.32 Å². The molecule has 0 aliphatic heterocycles. The van der Waals surface area contributed by atoms with Gasteiger partial charge in [0.15, 0.2) is 5.78 Å². The molecule has 0 saturated heterocycles. The van der Waals surface area contributed by atoms with Crippen LogP contribution in [-0.2, 0) is 4.79 Å². The van der Waals surface area contributed by atoms with Gasteiger partial charge in [-0.05, 0) is 36.0 Å². The second kappa shape index (κ2) is 6.88. The number of nitrogens with zero attached hydrogens (tertiary/aromatic N) is 1. The van der Waals surface area contributed by atoms with Crippen LogP contribution in [0.1, 0.15) is 20.8 Å². The highest BCUT2D eigenvalue weighted by atomic mass is 32.2. The molecule has 0 aromatic heterocycles. The minimum Gasteiger partial charge on any atom is -0.360 e. The molecule has 0 fully saturated rings. The molecule has 1 N–H and O–H groups in total. The van der Waals surface area contributed by atoms with Gasteiger partial charge in [-0.15, -0.1) is 0 Å². The number of hydrogen-bond acceptors (Lipinski definition) is 4. The number of ketones is 1. The van der Waals surface area contributed by atoms with E-state index in [0.29, 0.717) is 5.69 Å². The van der Waals surface area contributed by atoms with Crippen LogP contribution < -0.4 is 5.32 Å². The molecule has 0 bridgehead atoms. The third-order valence-corrected chi connectivity index (χ3v) is 3.26. The van der Waals surface area contributed by atoms with Crippen LogP contribution in [-0.4, -0.2) is 11.3 Å². The molecular weight excluding hydrogens is 313 g/mol. The highest BCUT2D eigenvalue weighted by molar-refractivity contribution is 8.00. The highest BCUT2D eigenvalue weighted by Gasteiger charge is 2.29. The first-order chi connectivity index (χ1) is 10.0. The number of nitriles is 1. The molecule has 0 unspecified atom stereocenters. The standard InChI is InChI=1S/C15H15F3N2OS/c1-14(2,3)13(21)10(8-19)9-20-11-4-6-12(7-5-11)22-15(16,17)18/h4-7,9,20H,1-3H3/b10-9+. The zero-order valence-corrected chi connectivity index (χ0v) is 13.1. The lowest BCUT2D eigenvalue weighted by Crippen LogP contribution is -2.22. The van der Waals surface area contributed by atoms with Crippen molar-refractivity contribution < 1.29 is 18.0 Å². The Kier molecular flexibility index (Phi) is 5.66. The summed E-state index contributed by atoms with van der Waals surface area (Å²) in [6, 6.07) is 7.33. The maximum atomic E-state index is 12.2. The van der Waals surface area contributed by atoms with Crippen LogP contribution in [0.15, 0.2) is 40.9 Å². The predicted molar refractivity (Wildman–Crippen MR) is 80.1 cm³/mol. The van der Waals surface area contributed by atoms with Gasteiger partial charge in [0.1, 0.15) is 11.6 Å². The molecule has 0 atom stereocenters. The van der Waals surface area contributed by atoms with E-state index in [1.807, 2.05) is 6.07 Å². The number of benzene rings is 1. The quantitative estimate of drug-likeness (QED) is 0.493. The van der Waals surface area contributed by atoms with E-state index in [2.05, 4.69) is 5.32 Å². The summed E-state index contributed by atoms with van der Waals surface area (Å²) in [7, 11) is 0. The van der Waals surface area contributed by atoms with Gasteiger partial charge in [0.25, 0.3) is 0 Å². The SMILES string of the molecule is CC(C)(C)C(=O)/C(C#N)=C/Nc1ccc(SC(F)(F)F)cc1. The number of alkyl halides is 3. The zero-order chi connectivity index (χ0) is 17.0. The molecule has 1 aromatic rings. The number of halogens is 3. The summed E-state index contributed by atoms with van der Waals surface area (Å²) in [6.07, 6.45) is 1.26. The van der Waals surface area contributed by atoms with Crippen LogP contribution in [0.2, 0.25) is 0 Å². The molecule has 22 heavy (non-hydrogen) atoms. The number of rotatable bonds is 4. The van der Waals surface area contributed by atoms with Gasteiger partial charge < -0.3 is 5.32 Å². The summed E-state index contributed by atoms with van der Waals surface area (Å²) >= 11 is -0.203. The monoisotopic (exact) mass is 328 g/mol. The van der Waals surface area contributed by atoms with Crippen molar-refractivity contribution in [3.63, 3.8) is 0 Å². The normalized spacial score (nSPS) is 12.7. The van der Waals surface area contributed by atoms with Gasteiger partial charge in [-0.2, -0.15) is 18.4 Å². The van der Waals surface area contributed by atoms with Gasteiger partial charge in [0.05, 0.1) is 0 Å². The molecule has 0 spiro atoms. The molecule has 0 aliphatic carbocycles. The summed E-state index contributed by atoms with van der Waals surface area (Å²) in [6.45, 7) is 5.09. The lowest BCUT2D eigenvalue weighted by atomic mass is 9.87. The van der Waals surface area contributed by atoms with Crippen molar-refractivity contribution in [3.8, 4) is 6.07 Å². The number of nitrogens with one attached hydrogen (secondary N) is 1. The van der Waals surface area contributed by atoms with Crippen LogP contribution >= 0.6 is 11.8 Å². The third-order valence-electron chi connectivity index (χ3n) is 2.52. The van der Waals surface area contributed by atoms with E-state index >= 15 is 0 Å². The second-order valence-corrected chi connectivity index (χ2v) is 6.60. The molecule has 118 valence electrons. The van der Waals surface area contributed by atoms with Crippen molar-refractivity contribution in [2.45, 2.75) is 31.2 Å². The largest absolute Gasteiger partial charge is 0.446 e. The van der Waals surface area contributed by atoms with E-state index in [-0.39, 0.29) is 28.0 Å². The van der Waals surface area contributed by atoms with E-state index in [9.17, 15) is 18.0 Å². The van der Waals surface area contributed by atoms with E-state index in [4.69, 9.17) is 5.26 Å². The van der Waals surface area contributed by atoms with Gasteiger partial charge in [-0.25, -0.2) is 0 Å². The topological polar surface area (TPSA) is 52.9 Å². The molecule has 0 amide bonds. The first-order valence-electron chi connectivity index (χ1n) is 6.30. The Hall–Kier alpha value is -1.94. The molecule has 1 aromatic carbocycles. The average molecular weight is 328 g/mol. The van der Waals surface area contributed by atoms with Crippen molar-refractivity contribution in [1.82, 2.24) is 0 Å². The Balaban J connectivity index is 2.81. The number of allylic oxidation sites excluding steroid dienone is 1. The summed E-state index contributed by atoms with van der Waals surface area (Å²) < 4.78 is 36.6. The van der Waals surface area contributed by atoms with E-state index in [1.54, 1.807) is 20.8 Å². The maximum Gasteiger partial charge on any atom is 0.446 e. The fourth-order valence-corrected chi connectivity index (χ4v) is 2.00. The van der Waals surface area contributed by atoms with Gasteiger partial charge in [0.2, 0.25) is 0 Å². The molecular formula is C15H15F3N2OS. The Morgan fingerprint density at radius 2 is 1.77 bits per heavy atom. The maximum absolute atomic E-state index is 12.2. The van der Waals surface area contributed by atoms with Crippen molar-refractivity contribution in [2.24, 2.45) is 5.41 Å². The highest BCUT2D eigenvalue weighted by Crippen LogP contribution is 2.37. The van der Waals surface area contributed by atoms with Crippen molar-refractivity contribution >= 4 is 23.2 Å². The molecule has 7 heteroatoms. The smallest absolute Gasteiger partial charge is 0.360 e.